The van der Waals surface area contributed by atoms with Crippen LogP contribution in [0.2, 0.25) is 5.22 Å². The van der Waals surface area contributed by atoms with Crippen LogP contribution in [-0.4, -0.2) is 17.0 Å². The van der Waals surface area contributed by atoms with Crippen molar-refractivity contribution in [1.82, 2.24) is 0 Å². The Morgan fingerprint density at radius 2 is 2.18 bits per heavy atom. The van der Waals surface area contributed by atoms with Crippen LogP contribution in [0.1, 0.15) is 20.0 Å². The lowest BCUT2D eigenvalue weighted by atomic mass is 10.3. The van der Waals surface area contributed by atoms with Gasteiger partial charge in [0.1, 0.15) is 4.88 Å². The number of carbonyl (C=O) groups is 2. The molecule has 2 rings (SSSR count). The molecule has 7 heteroatoms. The van der Waals surface area contributed by atoms with E-state index in [1.54, 1.807) is 5.38 Å². The molecule has 0 radical (unpaired) electrons. The molecule has 0 unspecified atom stereocenters. The maximum absolute atomic E-state index is 11.7. The maximum Gasteiger partial charge on any atom is 0.348 e. The lowest BCUT2D eigenvalue weighted by Crippen LogP contribution is -2.13. The number of furan rings is 1. The molecule has 2 heterocycles. The van der Waals surface area contributed by atoms with Gasteiger partial charge in [0.25, 0.3) is 5.91 Å². The van der Waals surface area contributed by atoms with E-state index >= 15 is 0 Å². The second-order valence-electron chi connectivity index (χ2n) is 3.03. The van der Waals surface area contributed by atoms with Gasteiger partial charge in [-0.1, -0.05) is 0 Å². The third-order valence-electron chi connectivity index (χ3n) is 1.97. The molecule has 1 amide bonds. The Balaban J connectivity index is 2.22. The predicted molar refractivity (Wildman–Crippen MR) is 62.9 cm³/mol. The Morgan fingerprint density at radius 1 is 1.41 bits per heavy atom. The van der Waals surface area contributed by atoms with Gasteiger partial charge in [0.2, 0.25) is 5.22 Å². The van der Waals surface area contributed by atoms with Crippen molar-refractivity contribution in [2.24, 2.45) is 0 Å². The van der Waals surface area contributed by atoms with E-state index < -0.39 is 11.9 Å². The average molecular weight is 272 g/mol. The van der Waals surface area contributed by atoms with E-state index in [9.17, 15) is 9.59 Å². The van der Waals surface area contributed by atoms with Crippen LogP contribution in [-0.2, 0) is 0 Å². The maximum atomic E-state index is 11.7. The van der Waals surface area contributed by atoms with Crippen LogP contribution in [0.3, 0.4) is 0 Å². The Bertz CT molecular complexity index is 574. The first-order valence-corrected chi connectivity index (χ1v) is 5.70. The van der Waals surface area contributed by atoms with Gasteiger partial charge < -0.3 is 14.8 Å². The van der Waals surface area contributed by atoms with E-state index in [2.05, 4.69) is 5.32 Å². The van der Waals surface area contributed by atoms with Crippen LogP contribution in [0.5, 0.6) is 0 Å². The summed E-state index contributed by atoms with van der Waals surface area (Å²) in [5, 5.41) is 12.9. The highest BCUT2D eigenvalue weighted by molar-refractivity contribution is 7.12. The fourth-order valence-corrected chi connectivity index (χ4v) is 2.11. The minimum atomic E-state index is -1.09. The number of aromatic carboxylic acids is 1. The van der Waals surface area contributed by atoms with Crippen molar-refractivity contribution in [3.63, 3.8) is 0 Å². The second-order valence-corrected chi connectivity index (χ2v) is 4.29. The SMILES string of the molecule is O=C(Nc1ccsc1C(=O)O)c1ccoc1Cl. The number of anilines is 1. The molecule has 2 N–H and O–H groups in total. The third kappa shape index (κ3) is 2.32. The molecule has 0 saturated carbocycles. The number of nitrogens with one attached hydrogen (secondary N) is 1. The van der Waals surface area contributed by atoms with Crippen molar-refractivity contribution in [2.75, 3.05) is 5.32 Å². The Hall–Kier alpha value is -1.79. The fourth-order valence-electron chi connectivity index (χ4n) is 1.22. The molecule has 17 heavy (non-hydrogen) atoms. The molecule has 0 aliphatic carbocycles. The molecule has 5 nitrogen and oxygen atoms in total. The van der Waals surface area contributed by atoms with Crippen LogP contribution in [0, 0.1) is 0 Å². The number of carbonyl (C=O) groups excluding carboxylic acids is 1. The fraction of sp³-hybridized carbons (Fsp3) is 0. The lowest BCUT2D eigenvalue weighted by molar-refractivity contribution is 0.0703. The number of carboxylic acid groups (broad SMARTS) is 1. The van der Waals surface area contributed by atoms with Gasteiger partial charge in [0.05, 0.1) is 17.5 Å². The summed E-state index contributed by atoms with van der Waals surface area (Å²) >= 11 is 6.67. The molecule has 0 fully saturated rings. The molecule has 0 aliphatic heterocycles. The summed E-state index contributed by atoms with van der Waals surface area (Å²) in [4.78, 5) is 22.6. The zero-order chi connectivity index (χ0) is 12.4. The van der Waals surface area contributed by atoms with Crippen molar-refractivity contribution in [3.8, 4) is 0 Å². The number of thiophene rings is 1. The largest absolute Gasteiger partial charge is 0.477 e. The number of amides is 1. The molecular formula is C10H6ClNO4S. The summed E-state index contributed by atoms with van der Waals surface area (Å²) in [5.74, 6) is -1.60. The average Bonchev–Trinajstić information content (AvgIpc) is 2.86. The zero-order valence-electron chi connectivity index (χ0n) is 8.27. The van der Waals surface area contributed by atoms with Gasteiger partial charge in [0.15, 0.2) is 0 Å². The van der Waals surface area contributed by atoms with Gasteiger partial charge in [0, 0.05) is 0 Å². The molecular weight excluding hydrogens is 266 g/mol. The second kappa shape index (κ2) is 4.60. The highest BCUT2D eigenvalue weighted by Gasteiger charge is 2.17. The Labute approximate surface area is 105 Å². The van der Waals surface area contributed by atoms with Crippen LogP contribution in [0.15, 0.2) is 28.2 Å². The van der Waals surface area contributed by atoms with E-state index in [1.807, 2.05) is 0 Å². The summed E-state index contributed by atoms with van der Waals surface area (Å²) in [5.41, 5.74) is 0.402. The minimum Gasteiger partial charge on any atom is -0.477 e. The highest BCUT2D eigenvalue weighted by Crippen LogP contribution is 2.24. The molecule has 0 bridgehead atoms. The normalized spacial score (nSPS) is 10.2. The van der Waals surface area contributed by atoms with Gasteiger partial charge >= 0.3 is 5.97 Å². The van der Waals surface area contributed by atoms with Crippen molar-refractivity contribution >= 4 is 40.5 Å². The number of halogens is 1. The van der Waals surface area contributed by atoms with Crippen molar-refractivity contribution in [2.45, 2.75) is 0 Å². The Morgan fingerprint density at radius 3 is 2.76 bits per heavy atom. The number of hydrogen-bond donors (Lipinski definition) is 2. The van der Waals surface area contributed by atoms with E-state index in [1.165, 1.54) is 18.4 Å². The Kier molecular flexibility index (Phi) is 3.16. The van der Waals surface area contributed by atoms with Crippen LogP contribution >= 0.6 is 22.9 Å². The van der Waals surface area contributed by atoms with Crippen LogP contribution in [0.25, 0.3) is 0 Å². The van der Waals surface area contributed by atoms with Gasteiger partial charge in [-0.2, -0.15) is 0 Å². The lowest BCUT2D eigenvalue weighted by Gasteiger charge is -2.02. The van der Waals surface area contributed by atoms with Crippen LogP contribution < -0.4 is 5.32 Å². The van der Waals surface area contributed by atoms with Gasteiger partial charge in [-0.15, -0.1) is 11.3 Å². The summed E-state index contributed by atoms with van der Waals surface area (Å²) < 4.78 is 4.77. The zero-order valence-corrected chi connectivity index (χ0v) is 9.84. The predicted octanol–water partition coefficient (Wildman–Crippen LogP) is 2.95. The highest BCUT2D eigenvalue weighted by atomic mass is 35.5. The molecule has 0 atom stereocenters. The number of hydrogen-bond acceptors (Lipinski definition) is 4. The molecule has 88 valence electrons. The standard InChI is InChI=1S/C10H6ClNO4S/c11-8-5(1-3-16-8)9(13)12-6-2-4-17-7(6)10(14)15/h1-4H,(H,12,13)(H,14,15). The molecule has 0 aromatic carbocycles. The molecule has 2 aromatic rings. The number of carboxylic acids is 1. The quantitative estimate of drug-likeness (QED) is 0.899. The minimum absolute atomic E-state index is 0.0328. The van der Waals surface area contributed by atoms with E-state index in [0.717, 1.165) is 11.3 Å². The first kappa shape index (κ1) is 11.7. The molecule has 2 aromatic heterocycles. The number of rotatable bonds is 3. The monoisotopic (exact) mass is 271 g/mol. The molecule has 0 aliphatic rings. The summed E-state index contributed by atoms with van der Waals surface area (Å²) in [6, 6.07) is 2.92. The van der Waals surface area contributed by atoms with E-state index in [0.29, 0.717) is 0 Å². The summed E-state index contributed by atoms with van der Waals surface area (Å²) in [7, 11) is 0. The molecule has 0 saturated heterocycles. The molecule has 0 spiro atoms. The third-order valence-corrected chi connectivity index (χ3v) is 3.17. The van der Waals surface area contributed by atoms with E-state index in [4.69, 9.17) is 21.1 Å². The van der Waals surface area contributed by atoms with Crippen molar-refractivity contribution < 1.29 is 19.1 Å². The summed E-state index contributed by atoms with van der Waals surface area (Å²) in [6.45, 7) is 0. The van der Waals surface area contributed by atoms with Crippen molar-refractivity contribution in [1.29, 1.82) is 0 Å². The first-order chi connectivity index (χ1) is 8.09. The first-order valence-electron chi connectivity index (χ1n) is 4.44. The van der Waals surface area contributed by atoms with Gasteiger partial charge in [-0.25, -0.2) is 4.79 Å². The van der Waals surface area contributed by atoms with Gasteiger partial charge in [-0.3, -0.25) is 4.79 Å². The van der Waals surface area contributed by atoms with Gasteiger partial charge in [-0.05, 0) is 29.1 Å². The van der Waals surface area contributed by atoms with E-state index in [-0.39, 0.29) is 21.3 Å². The summed E-state index contributed by atoms with van der Waals surface area (Å²) in [6.07, 6.45) is 1.28. The smallest absolute Gasteiger partial charge is 0.348 e. The van der Waals surface area contributed by atoms with Crippen molar-refractivity contribution in [3.05, 3.63) is 39.4 Å². The topological polar surface area (TPSA) is 79.5 Å². The van der Waals surface area contributed by atoms with Crippen LogP contribution in [0.4, 0.5) is 5.69 Å².